The van der Waals surface area contributed by atoms with Crippen LogP contribution in [0.4, 0.5) is 11.6 Å². The first-order valence-corrected chi connectivity index (χ1v) is 15.1. The minimum Gasteiger partial charge on any atom is -0.329 e. The lowest BCUT2D eigenvalue weighted by atomic mass is 9.79. The molecule has 5 aliphatic rings. The second-order valence-corrected chi connectivity index (χ2v) is 12.3. The summed E-state index contributed by atoms with van der Waals surface area (Å²) in [5, 5.41) is 12.1. The number of aromatic nitrogens is 2. The molecule has 6 atom stereocenters. The van der Waals surface area contributed by atoms with Crippen LogP contribution in [-0.4, -0.2) is 34.0 Å². The first-order valence-electron chi connectivity index (χ1n) is 15.1. The molecule has 202 valence electrons. The third kappa shape index (κ3) is 3.44. The van der Waals surface area contributed by atoms with Gasteiger partial charge < -0.3 is 20.6 Å². The van der Waals surface area contributed by atoms with Gasteiger partial charge in [0.2, 0.25) is 0 Å². The summed E-state index contributed by atoms with van der Waals surface area (Å²) in [5.74, 6) is 5.75. The number of benzene rings is 2. The predicted octanol–water partition coefficient (Wildman–Crippen LogP) is 5.52. The Labute approximate surface area is 232 Å². The average Bonchev–Trinajstić information content (AvgIpc) is 3.73. The normalized spacial score (nSPS) is 32.5. The van der Waals surface area contributed by atoms with Gasteiger partial charge in [-0.15, -0.1) is 0 Å². The number of hydrogen-bond acceptors (Lipinski definition) is 6. The Bertz CT molecular complexity index is 1700. The Hall–Kier alpha value is -3.94. The molecule has 3 aliphatic heterocycles. The number of rotatable bonds is 0. The van der Waals surface area contributed by atoms with Crippen LogP contribution in [0.1, 0.15) is 51.4 Å². The van der Waals surface area contributed by atoms with Crippen LogP contribution in [0.2, 0.25) is 0 Å². The van der Waals surface area contributed by atoms with Crippen LogP contribution >= 0.6 is 0 Å². The van der Waals surface area contributed by atoms with Gasteiger partial charge in [0.15, 0.2) is 0 Å². The van der Waals surface area contributed by atoms with E-state index in [4.69, 9.17) is 20.0 Å². The molecule has 2 aromatic carbocycles. The number of nitrogens with zero attached hydrogens (tertiary/aromatic N) is 4. The van der Waals surface area contributed by atoms with Crippen molar-refractivity contribution in [2.24, 2.45) is 43.6 Å². The van der Waals surface area contributed by atoms with E-state index in [0.29, 0.717) is 23.7 Å². The second kappa shape index (κ2) is 8.78. The zero-order valence-corrected chi connectivity index (χ0v) is 22.5. The maximum Gasteiger partial charge on any atom is 0.147 e. The minimum atomic E-state index is -0.103. The van der Waals surface area contributed by atoms with Crippen LogP contribution < -0.4 is 21.6 Å². The Morgan fingerprint density at radius 3 is 1.45 bits per heavy atom. The zero-order chi connectivity index (χ0) is 26.2. The van der Waals surface area contributed by atoms with Crippen molar-refractivity contribution >= 4 is 44.9 Å². The van der Waals surface area contributed by atoms with Gasteiger partial charge in [-0.2, -0.15) is 0 Å². The largest absolute Gasteiger partial charge is 0.329 e. The molecule has 8 bridgehead atoms. The minimum absolute atomic E-state index is 0.103. The lowest BCUT2D eigenvalue weighted by molar-refractivity contribution is 0.281. The number of H-pyrrole nitrogens is 2. The highest BCUT2D eigenvalue weighted by molar-refractivity contribution is 6.12. The SMILES string of the molecule is c1ccc2c3[nH]c(c2c1)NC1=NC(/N=c2\[nH]/c(c4ccccc24)=N\C2N=C(N3)C3CCCCC23)C2CCCCC12. The zero-order valence-electron chi connectivity index (χ0n) is 22.5. The van der Waals surface area contributed by atoms with Gasteiger partial charge in [0.05, 0.1) is 0 Å². The molecule has 9 rings (SSSR count). The summed E-state index contributed by atoms with van der Waals surface area (Å²) in [6, 6.07) is 17.1. The molecule has 0 saturated heterocycles. The molecule has 2 saturated carbocycles. The Balaban J connectivity index is 1.29. The molecular formula is C32H34N8. The van der Waals surface area contributed by atoms with Crippen LogP contribution in [0.3, 0.4) is 0 Å². The van der Waals surface area contributed by atoms with Gasteiger partial charge in [0, 0.05) is 45.2 Å². The van der Waals surface area contributed by atoms with E-state index in [-0.39, 0.29) is 12.3 Å². The molecule has 8 nitrogen and oxygen atoms in total. The van der Waals surface area contributed by atoms with Crippen molar-refractivity contribution in [1.29, 1.82) is 0 Å². The molecule has 4 aromatic rings. The highest BCUT2D eigenvalue weighted by Crippen LogP contribution is 2.43. The monoisotopic (exact) mass is 530 g/mol. The van der Waals surface area contributed by atoms with Crippen molar-refractivity contribution in [2.75, 3.05) is 10.6 Å². The highest BCUT2D eigenvalue weighted by atomic mass is 15.2. The smallest absolute Gasteiger partial charge is 0.147 e. The maximum absolute atomic E-state index is 5.31. The molecule has 6 unspecified atom stereocenters. The van der Waals surface area contributed by atoms with Crippen molar-refractivity contribution < 1.29 is 0 Å². The van der Waals surface area contributed by atoms with Crippen LogP contribution in [0.15, 0.2) is 68.5 Å². The molecule has 4 N–H and O–H groups in total. The van der Waals surface area contributed by atoms with Crippen LogP contribution in [0, 0.1) is 23.7 Å². The summed E-state index contributed by atoms with van der Waals surface area (Å²) in [5.41, 5.74) is 1.79. The summed E-state index contributed by atoms with van der Waals surface area (Å²) in [6.45, 7) is 0. The molecular weight excluding hydrogens is 496 g/mol. The van der Waals surface area contributed by atoms with Gasteiger partial charge in [-0.3, -0.25) is 0 Å². The summed E-state index contributed by atoms with van der Waals surface area (Å²) in [7, 11) is 0. The lowest BCUT2D eigenvalue weighted by Gasteiger charge is -2.28. The average molecular weight is 531 g/mol. The summed E-state index contributed by atoms with van der Waals surface area (Å²) in [6.07, 6.45) is 9.38. The molecule has 2 fully saturated rings. The number of hydrogen-bond donors (Lipinski definition) is 4. The fourth-order valence-electron chi connectivity index (χ4n) is 8.12. The van der Waals surface area contributed by atoms with E-state index in [1.54, 1.807) is 0 Å². The van der Waals surface area contributed by atoms with Gasteiger partial charge in [-0.1, -0.05) is 74.2 Å². The molecule has 2 aromatic heterocycles. The standard InChI is InChI=1S/C32H34N8/c1-2-10-18-17(9-1)25-33-26(18)38-28-21-13-5-6-14-22(21)30(35-28)40-32-24-16-8-7-15-23(24)31(36-32)39-29-20-12-4-3-11-19(20)27(34-29)37-25/h1-2,7-10,15-16,19-22,27-28,36H,3-6,11-14H2,(H,34,39)(H,35,40)(H,33,37,38). The first-order chi connectivity index (χ1) is 19.8. The Morgan fingerprint density at radius 1 is 0.500 bits per heavy atom. The Kier molecular flexibility index (Phi) is 5.01. The van der Waals surface area contributed by atoms with E-state index < -0.39 is 0 Å². The van der Waals surface area contributed by atoms with E-state index in [9.17, 15) is 0 Å². The number of amidine groups is 2. The molecule has 0 amide bonds. The molecule has 40 heavy (non-hydrogen) atoms. The van der Waals surface area contributed by atoms with Gasteiger partial charge in [-0.05, 0) is 25.7 Å². The van der Waals surface area contributed by atoms with E-state index in [0.717, 1.165) is 70.7 Å². The van der Waals surface area contributed by atoms with Gasteiger partial charge in [-0.25, -0.2) is 20.0 Å². The fourth-order valence-corrected chi connectivity index (χ4v) is 8.12. The molecule has 0 spiro atoms. The highest BCUT2D eigenvalue weighted by Gasteiger charge is 2.42. The third-order valence-electron chi connectivity index (χ3n) is 10.1. The predicted molar refractivity (Wildman–Crippen MR) is 159 cm³/mol. The van der Waals surface area contributed by atoms with Crippen LogP contribution in [0.5, 0.6) is 0 Å². The van der Waals surface area contributed by atoms with E-state index in [2.05, 4.69) is 69.1 Å². The van der Waals surface area contributed by atoms with Crippen LogP contribution in [0.25, 0.3) is 21.5 Å². The van der Waals surface area contributed by atoms with Crippen molar-refractivity contribution in [2.45, 2.75) is 63.7 Å². The topological polar surface area (TPSA) is 105 Å². The first kappa shape index (κ1) is 22.8. The number of aliphatic imine (C=N–C) groups is 2. The summed E-state index contributed by atoms with van der Waals surface area (Å²) < 4.78 is 0. The van der Waals surface area contributed by atoms with Gasteiger partial charge >= 0.3 is 0 Å². The molecule has 5 heterocycles. The van der Waals surface area contributed by atoms with Crippen molar-refractivity contribution in [1.82, 2.24) is 9.97 Å². The molecule has 2 aliphatic carbocycles. The van der Waals surface area contributed by atoms with Gasteiger partial charge in [0.25, 0.3) is 0 Å². The lowest BCUT2D eigenvalue weighted by Crippen LogP contribution is -2.31. The number of anilines is 2. The Morgan fingerprint density at radius 2 is 0.950 bits per heavy atom. The number of fused-ring (bicyclic) bond motifs is 18. The molecule has 0 radical (unpaired) electrons. The van der Waals surface area contributed by atoms with Gasteiger partial charge in [0.1, 0.15) is 46.6 Å². The number of aromatic amines is 2. The van der Waals surface area contributed by atoms with Crippen molar-refractivity contribution in [3.63, 3.8) is 0 Å². The van der Waals surface area contributed by atoms with E-state index >= 15 is 0 Å². The second-order valence-electron chi connectivity index (χ2n) is 12.3. The summed E-state index contributed by atoms with van der Waals surface area (Å²) in [4.78, 5) is 28.5. The maximum atomic E-state index is 5.31. The van der Waals surface area contributed by atoms with Crippen molar-refractivity contribution in [3.8, 4) is 0 Å². The summed E-state index contributed by atoms with van der Waals surface area (Å²) >= 11 is 0. The fraction of sp³-hybridized carbons (Fsp3) is 0.438. The van der Waals surface area contributed by atoms with E-state index in [1.807, 2.05) is 0 Å². The van der Waals surface area contributed by atoms with E-state index in [1.165, 1.54) is 36.5 Å². The number of nitrogens with one attached hydrogen (secondary N) is 4. The quantitative estimate of drug-likeness (QED) is 0.241. The van der Waals surface area contributed by atoms with Crippen molar-refractivity contribution in [3.05, 3.63) is 59.5 Å². The van der Waals surface area contributed by atoms with Crippen LogP contribution in [-0.2, 0) is 0 Å². The molecule has 8 heteroatoms. The third-order valence-corrected chi connectivity index (χ3v) is 10.1.